The zero-order chi connectivity index (χ0) is 23.1. The maximum atomic E-state index is 12.2. The lowest BCUT2D eigenvalue weighted by Gasteiger charge is -2.31. The first-order valence-corrected chi connectivity index (χ1v) is 11.9. The standard InChI is InChI=1S/C25H24Cl2N4O2/c1-3-33-24(32)16-8-10-30(11-9-16)25-29-21-12-15(2)19(27)14-22(21)31(25)23-7-4-17-13-18(26)5-6-20(17)28-23/h4-7,12-14,16H,3,8-11H2,1-2H3. The number of anilines is 1. The fraction of sp³-hybridized carbons (Fsp3) is 0.320. The Morgan fingerprint density at radius 3 is 2.61 bits per heavy atom. The van der Waals surface area contributed by atoms with E-state index in [1.54, 1.807) is 0 Å². The Kier molecular flexibility index (Phi) is 5.89. The van der Waals surface area contributed by atoms with Crippen molar-refractivity contribution in [2.24, 2.45) is 5.92 Å². The topological polar surface area (TPSA) is 60.2 Å². The van der Waals surface area contributed by atoms with Gasteiger partial charge >= 0.3 is 5.97 Å². The van der Waals surface area contributed by atoms with Gasteiger partial charge in [-0.15, -0.1) is 0 Å². The van der Waals surface area contributed by atoms with E-state index in [9.17, 15) is 4.79 Å². The molecule has 0 amide bonds. The molecule has 1 aliphatic rings. The number of imidazole rings is 1. The number of hydrogen-bond donors (Lipinski definition) is 0. The van der Waals surface area contributed by atoms with Gasteiger partial charge in [0.1, 0.15) is 5.82 Å². The van der Waals surface area contributed by atoms with Crippen LogP contribution in [0.3, 0.4) is 0 Å². The number of benzene rings is 2. The second-order valence-electron chi connectivity index (χ2n) is 8.36. The molecule has 6 nitrogen and oxygen atoms in total. The molecule has 0 unspecified atom stereocenters. The van der Waals surface area contributed by atoms with Gasteiger partial charge in [0, 0.05) is 28.5 Å². The fourth-order valence-electron chi connectivity index (χ4n) is 4.41. The second-order valence-corrected chi connectivity index (χ2v) is 9.20. The minimum absolute atomic E-state index is 0.0701. The van der Waals surface area contributed by atoms with Gasteiger partial charge < -0.3 is 9.64 Å². The van der Waals surface area contributed by atoms with Gasteiger partial charge in [-0.2, -0.15) is 0 Å². The Labute approximate surface area is 202 Å². The van der Waals surface area contributed by atoms with E-state index in [0.29, 0.717) is 29.7 Å². The highest BCUT2D eigenvalue weighted by Gasteiger charge is 2.29. The molecular formula is C25H24Cl2N4O2. The Morgan fingerprint density at radius 2 is 1.85 bits per heavy atom. The van der Waals surface area contributed by atoms with Gasteiger partial charge in [0.05, 0.1) is 29.1 Å². The molecule has 8 heteroatoms. The Morgan fingerprint density at radius 1 is 1.06 bits per heavy atom. The molecule has 1 aliphatic heterocycles. The molecule has 2 aromatic heterocycles. The van der Waals surface area contributed by atoms with Gasteiger partial charge in [-0.1, -0.05) is 23.2 Å². The van der Waals surface area contributed by atoms with Crippen molar-refractivity contribution < 1.29 is 9.53 Å². The zero-order valence-electron chi connectivity index (χ0n) is 18.5. The Balaban J connectivity index is 1.59. The number of aryl methyl sites for hydroxylation is 1. The number of carbonyl (C=O) groups is 1. The van der Waals surface area contributed by atoms with Crippen LogP contribution in [0.5, 0.6) is 0 Å². The van der Waals surface area contributed by atoms with Gasteiger partial charge in [0.2, 0.25) is 5.95 Å². The summed E-state index contributed by atoms with van der Waals surface area (Å²) in [5.41, 5.74) is 3.58. The number of hydrogen-bond acceptors (Lipinski definition) is 5. The van der Waals surface area contributed by atoms with E-state index in [4.69, 9.17) is 37.9 Å². The summed E-state index contributed by atoms with van der Waals surface area (Å²) in [6.45, 7) is 5.65. The number of piperidine rings is 1. The van der Waals surface area contributed by atoms with E-state index in [-0.39, 0.29) is 11.9 Å². The molecule has 0 radical (unpaired) electrons. The van der Waals surface area contributed by atoms with Crippen LogP contribution in [0.25, 0.3) is 27.8 Å². The van der Waals surface area contributed by atoms with E-state index in [2.05, 4.69) is 9.47 Å². The lowest BCUT2D eigenvalue weighted by atomic mass is 9.97. The maximum Gasteiger partial charge on any atom is 0.309 e. The highest BCUT2D eigenvalue weighted by molar-refractivity contribution is 6.32. The third kappa shape index (κ3) is 4.13. The predicted molar refractivity (Wildman–Crippen MR) is 133 cm³/mol. The number of ether oxygens (including phenoxy) is 1. The third-order valence-corrected chi connectivity index (χ3v) is 6.82. The van der Waals surface area contributed by atoms with Gasteiger partial charge in [0.15, 0.2) is 0 Å². The van der Waals surface area contributed by atoms with Crippen molar-refractivity contribution in [1.82, 2.24) is 14.5 Å². The van der Waals surface area contributed by atoms with Crippen LogP contribution in [0.2, 0.25) is 10.0 Å². The van der Waals surface area contributed by atoms with Crippen molar-refractivity contribution in [1.29, 1.82) is 0 Å². The van der Waals surface area contributed by atoms with E-state index in [1.807, 2.05) is 56.3 Å². The van der Waals surface area contributed by atoms with Crippen molar-refractivity contribution in [3.8, 4) is 5.82 Å². The molecule has 170 valence electrons. The van der Waals surface area contributed by atoms with Gasteiger partial charge in [-0.25, -0.2) is 9.97 Å². The number of esters is 1. The number of halogens is 2. The molecule has 4 aromatic rings. The van der Waals surface area contributed by atoms with E-state index < -0.39 is 0 Å². The van der Waals surface area contributed by atoms with E-state index in [0.717, 1.165) is 52.1 Å². The highest BCUT2D eigenvalue weighted by atomic mass is 35.5. The molecule has 0 N–H and O–H groups in total. The molecular weight excluding hydrogens is 459 g/mol. The average Bonchev–Trinajstić information content (AvgIpc) is 3.17. The summed E-state index contributed by atoms with van der Waals surface area (Å²) in [6, 6.07) is 13.6. The molecule has 0 aliphatic carbocycles. The summed E-state index contributed by atoms with van der Waals surface area (Å²) in [7, 11) is 0. The SMILES string of the molecule is CCOC(=O)C1CCN(c2nc3cc(C)c(Cl)cc3n2-c2ccc3cc(Cl)ccc3n2)CC1. The van der Waals surface area contributed by atoms with Gasteiger partial charge in [-0.3, -0.25) is 9.36 Å². The number of carbonyl (C=O) groups excluding carboxylic acids is 1. The van der Waals surface area contributed by atoms with E-state index in [1.165, 1.54) is 0 Å². The van der Waals surface area contributed by atoms with Crippen molar-refractivity contribution in [2.45, 2.75) is 26.7 Å². The maximum absolute atomic E-state index is 12.2. The minimum atomic E-state index is -0.108. The molecule has 0 bridgehead atoms. The molecule has 0 atom stereocenters. The van der Waals surface area contributed by atoms with Crippen molar-refractivity contribution >= 4 is 57.1 Å². The first-order valence-electron chi connectivity index (χ1n) is 11.1. The summed E-state index contributed by atoms with van der Waals surface area (Å²) in [5, 5.41) is 2.34. The predicted octanol–water partition coefficient (Wildman–Crippen LogP) is 5.97. The smallest absolute Gasteiger partial charge is 0.309 e. The molecule has 5 rings (SSSR count). The van der Waals surface area contributed by atoms with Crippen LogP contribution in [-0.4, -0.2) is 40.2 Å². The van der Waals surface area contributed by atoms with Crippen LogP contribution < -0.4 is 4.90 Å². The molecule has 1 fully saturated rings. The van der Waals surface area contributed by atoms with Gasteiger partial charge in [0.25, 0.3) is 0 Å². The molecule has 33 heavy (non-hydrogen) atoms. The fourth-order valence-corrected chi connectivity index (χ4v) is 4.75. The monoisotopic (exact) mass is 482 g/mol. The van der Waals surface area contributed by atoms with Crippen LogP contribution in [0, 0.1) is 12.8 Å². The summed E-state index contributed by atoms with van der Waals surface area (Å²) in [6.07, 6.45) is 1.46. The summed E-state index contributed by atoms with van der Waals surface area (Å²) in [4.78, 5) is 24.3. The summed E-state index contributed by atoms with van der Waals surface area (Å²) in [5.74, 6) is 1.38. The first kappa shape index (κ1) is 22.0. The number of aromatic nitrogens is 3. The van der Waals surface area contributed by atoms with Crippen LogP contribution in [0.15, 0.2) is 42.5 Å². The van der Waals surface area contributed by atoms with Crippen LogP contribution in [0.1, 0.15) is 25.3 Å². The first-order chi connectivity index (χ1) is 15.9. The molecule has 2 aromatic carbocycles. The average molecular weight is 483 g/mol. The number of rotatable bonds is 4. The quantitative estimate of drug-likeness (QED) is 0.335. The van der Waals surface area contributed by atoms with Crippen molar-refractivity contribution in [2.75, 3.05) is 24.6 Å². The third-order valence-electron chi connectivity index (χ3n) is 6.18. The van der Waals surface area contributed by atoms with Crippen molar-refractivity contribution in [3.63, 3.8) is 0 Å². The van der Waals surface area contributed by atoms with Crippen LogP contribution in [0.4, 0.5) is 5.95 Å². The lowest BCUT2D eigenvalue weighted by molar-refractivity contribution is -0.148. The van der Waals surface area contributed by atoms with Crippen molar-refractivity contribution in [3.05, 3.63) is 58.1 Å². The zero-order valence-corrected chi connectivity index (χ0v) is 20.0. The Hall–Kier alpha value is -2.83. The summed E-state index contributed by atoms with van der Waals surface area (Å²) >= 11 is 12.6. The molecule has 1 saturated heterocycles. The van der Waals surface area contributed by atoms with Crippen LogP contribution in [-0.2, 0) is 9.53 Å². The van der Waals surface area contributed by atoms with E-state index >= 15 is 0 Å². The van der Waals surface area contributed by atoms with Gasteiger partial charge in [-0.05, 0) is 74.7 Å². The molecule has 0 saturated carbocycles. The number of nitrogens with zero attached hydrogens (tertiary/aromatic N) is 4. The Bertz CT molecular complexity index is 1360. The summed E-state index contributed by atoms with van der Waals surface area (Å²) < 4.78 is 7.28. The molecule has 0 spiro atoms. The van der Waals surface area contributed by atoms with Crippen LogP contribution >= 0.6 is 23.2 Å². The lowest BCUT2D eigenvalue weighted by Crippen LogP contribution is -2.38. The highest BCUT2D eigenvalue weighted by Crippen LogP contribution is 2.33. The number of fused-ring (bicyclic) bond motifs is 2. The second kappa shape index (κ2) is 8.84. The normalized spacial score (nSPS) is 14.8. The molecule has 3 heterocycles. The largest absolute Gasteiger partial charge is 0.466 e. The minimum Gasteiger partial charge on any atom is -0.466 e. The number of pyridine rings is 1.